The van der Waals surface area contributed by atoms with Gasteiger partial charge in [0, 0.05) is 17.1 Å². The number of carbonyl (C=O) groups excluding carboxylic acids is 2. The summed E-state index contributed by atoms with van der Waals surface area (Å²) in [6, 6.07) is 12.3. The van der Waals surface area contributed by atoms with Crippen molar-refractivity contribution in [1.82, 2.24) is 4.90 Å². The van der Waals surface area contributed by atoms with Gasteiger partial charge in [0.25, 0.3) is 0 Å². The molecule has 3 rings (SSSR count). The monoisotopic (exact) mass is 420 g/mol. The average Bonchev–Trinajstić information content (AvgIpc) is 2.62. The Morgan fingerprint density at radius 1 is 1.11 bits per heavy atom. The van der Waals surface area contributed by atoms with Crippen molar-refractivity contribution in [1.29, 1.82) is 0 Å². The first-order chi connectivity index (χ1) is 13.4. The number of hydrogen-bond donors (Lipinski definition) is 1. The van der Waals surface area contributed by atoms with Gasteiger partial charge in [-0.1, -0.05) is 41.8 Å². The van der Waals surface area contributed by atoms with Gasteiger partial charge >= 0.3 is 0 Å². The van der Waals surface area contributed by atoms with Crippen molar-refractivity contribution in [2.75, 3.05) is 26.0 Å². The summed E-state index contributed by atoms with van der Waals surface area (Å²) in [7, 11) is 3.16. The topological polar surface area (TPSA) is 58.6 Å². The smallest absolute Gasteiger partial charge is 0.244 e. The highest BCUT2D eigenvalue weighted by atomic mass is 35.5. The first-order valence-corrected chi connectivity index (χ1v) is 9.76. The Morgan fingerprint density at radius 2 is 1.75 bits per heavy atom. The van der Waals surface area contributed by atoms with E-state index in [2.05, 4.69) is 5.32 Å². The van der Waals surface area contributed by atoms with Crippen molar-refractivity contribution in [3.05, 3.63) is 58.1 Å². The number of benzene rings is 2. The number of likely N-dealkylation sites (N-methyl/N-ethyl adjacent to an activating group) is 1. The third kappa shape index (κ3) is 4.10. The van der Waals surface area contributed by atoms with Gasteiger partial charge in [-0.3, -0.25) is 9.59 Å². The first kappa shape index (κ1) is 20.5. The third-order valence-corrected chi connectivity index (χ3v) is 5.66. The van der Waals surface area contributed by atoms with Crippen LogP contribution in [0, 0.1) is 0 Å². The molecule has 0 aliphatic heterocycles. The Balaban J connectivity index is 1.70. The molecule has 1 fully saturated rings. The van der Waals surface area contributed by atoms with Crippen molar-refractivity contribution in [3.63, 3.8) is 0 Å². The Hall–Kier alpha value is -2.24. The van der Waals surface area contributed by atoms with Crippen LogP contribution in [0.4, 0.5) is 5.69 Å². The highest BCUT2D eigenvalue weighted by molar-refractivity contribution is 6.31. The quantitative estimate of drug-likeness (QED) is 0.746. The fourth-order valence-electron chi connectivity index (χ4n) is 3.55. The second-order valence-corrected chi connectivity index (χ2v) is 7.87. The molecule has 0 heterocycles. The number of anilines is 1. The van der Waals surface area contributed by atoms with Gasteiger partial charge in [-0.25, -0.2) is 0 Å². The molecule has 1 N–H and O–H groups in total. The molecule has 5 nitrogen and oxygen atoms in total. The van der Waals surface area contributed by atoms with Crippen LogP contribution in [0.5, 0.6) is 5.75 Å². The molecule has 2 aromatic carbocycles. The summed E-state index contributed by atoms with van der Waals surface area (Å²) in [6.45, 7) is -0.0656. The Labute approximate surface area is 174 Å². The van der Waals surface area contributed by atoms with Crippen LogP contribution < -0.4 is 10.1 Å². The predicted octanol–water partition coefficient (Wildman–Crippen LogP) is 4.52. The van der Waals surface area contributed by atoms with Crippen LogP contribution in [0.2, 0.25) is 10.0 Å². The van der Waals surface area contributed by atoms with Gasteiger partial charge in [0.2, 0.25) is 11.8 Å². The van der Waals surface area contributed by atoms with Crippen LogP contribution >= 0.6 is 23.2 Å². The fourth-order valence-corrected chi connectivity index (χ4v) is 3.84. The molecule has 0 bridgehead atoms. The summed E-state index contributed by atoms with van der Waals surface area (Å²) < 4.78 is 5.24. The van der Waals surface area contributed by atoms with E-state index in [0.29, 0.717) is 21.5 Å². The summed E-state index contributed by atoms with van der Waals surface area (Å²) in [6.07, 6.45) is 2.51. The maximum Gasteiger partial charge on any atom is 0.244 e. The average molecular weight is 421 g/mol. The summed E-state index contributed by atoms with van der Waals surface area (Å²) in [5.74, 6) is 0.125. The van der Waals surface area contributed by atoms with Crippen LogP contribution in [0.3, 0.4) is 0 Å². The van der Waals surface area contributed by atoms with Crippen LogP contribution in [0.15, 0.2) is 42.5 Å². The number of nitrogens with zero attached hydrogens (tertiary/aromatic N) is 1. The van der Waals surface area contributed by atoms with E-state index in [1.165, 1.54) is 12.0 Å². The number of halogens is 2. The Bertz CT molecular complexity index is 880. The van der Waals surface area contributed by atoms with Crippen LogP contribution in [-0.4, -0.2) is 37.4 Å². The molecule has 1 saturated carbocycles. The molecule has 1 aliphatic rings. The van der Waals surface area contributed by atoms with Gasteiger partial charge in [-0.05, 0) is 48.7 Å². The van der Waals surface area contributed by atoms with Crippen molar-refractivity contribution < 1.29 is 14.3 Å². The van der Waals surface area contributed by atoms with E-state index in [4.69, 9.17) is 27.9 Å². The lowest BCUT2D eigenvalue weighted by molar-refractivity contribution is -0.141. The number of carbonyl (C=O) groups is 2. The Kier molecular flexibility index (Phi) is 6.16. The lowest BCUT2D eigenvalue weighted by atomic mass is 9.63. The number of rotatable bonds is 6. The molecule has 148 valence electrons. The van der Waals surface area contributed by atoms with Crippen molar-refractivity contribution >= 4 is 40.7 Å². The molecule has 1 aliphatic carbocycles. The van der Waals surface area contributed by atoms with Gasteiger partial charge in [0.1, 0.15) is 5.75 Å². The summed E-state index contributed by atoms with van der Waals surface area (Å²) in [4.78, 5) is 27.1. The first-order valence-electron chi connectivity index (χ1n) is 9.01. The zero-order chi connectivity index (χ0) is 20.3. The van der Waals surface area contributed by atoms with Gasteiger partial charge in [0.15, 0.2) is 0 Å². The highest BCUT2D eigenvalue weighted by Crippen LogP contribution is 2.45. The molecule has 2 aromatic rings. The molecular weight excluding hydrogens is 399 g/mol. The number of methoxy groups -OCH3 is 1. The second kappa shape index (κ2) is 8.41. The number of hydrogen-bond acceptors (Lipinski definition) is 3. The van der Waals surface area contributed by atoms with Gasteiger partial charge in [-0.2, -0.15) is 0 Å². The lowest BCUT2D eigenvalue weighted by Crippen LogP contribution is -2.51. The van der Waals surface area contributed by atoms with E-state index < -0.39 is 5.41 Å². The van der Waals surface area contributed by atoms with Crippen molar-refractivity contribution in [2.45, 2.75) is 24.7 Å². The minimum Gasteiger partial charge on any atom is -0.495 e. The van der Waals surface area contributed by atoms with Crippen LogP contribution in [-0.2, 0) is 15.0 Å². The number of nitrogens with one attached hydrogen (secondary N) is 1. The molecule has 0 atom stereocenters. The van der Waals surface area contributed by atoms with E-state index in [0.717, 1.165) is 24.8 Å². The highest BCUT2D eigenvalue weighted by Gasteiger charge is 2.47. The molecule has 28 heavy (non-hydrogen) atoms. The molecule has 0 saturated heterocycles. The normalized spacial score (nSPS) is 14.7. The minimum absolute atomic E-state index is 0.0609. The van der Waals surface area contributed by atoms with Gasteiger partial charge in [-0.15, -0.1) is 0 Å². The van der Waals surface area contributed by atoms with E-state index in [1.54, 1.807) is 37.4 Å². The molecular formula is C21H22Cl2N2O3. The third-order valence-electron chi connectivity index (χ3n) is 5.18. The molecule has 0 aromatic heterocycles. The van der Waals surface area contributed by atoms with E-state index in [1.807, 2.05) is 12.1 Å². The fraction of sp³-hybridized carbons (Fsp3) is 0.333. The number of ether oxygens (including phenoxy) is 1. The summed E-state index contributed by atoms with van der Waals surface area (Å²) in [5.41, 5.74) is 0.835. The summed E-state index contributed by atoms with van der Waals surface area (Å²) in [5, 5.41) is 3.88. The van der Waals surface area contributed by atoms with Gasteiger partial charge in [0.05, 0.1) is 24.8 Å². The largest absolute Gasteiger partial charge is 0.495 e. The van der Waals surface area contributed by atoms with Crippen molar-refractivity contribution in [2.24, 2.45) is 0 Å². The van der Waals surface area contributed by atoms with Crippen molar-refractivity contribution in [3.8, 4) is 5.75 Å². The lowest BCUT2D eigenvalue weighted by Gasteiger charge is -2.43. The minimum atomic E-state index is -0.576. The van der Waals surface area contributed by atoms with Crippen LogP contribution in [0.1, 0.15) is 24.8 Å². The summed E-state index contributed by atoms with van der Waals surface area (Å²) >= 11 is 12.0. The molecule has 0 unspecified atom stereocenters. The Morgan fingerprint density at radius 3 is 2.32 bits per heavy atom. The molecule has 2 amide bonds. The standard InChI is InChI=1S/C21H22Cl2N2O3/c1-25(13-19(26)24-17-12-16(23)8-9-18(17)28-2)20(27)21(10-3-11-21)14-4-6-15(22)7-5-14/h4-9,12H,3,10-11,13H2,1-2H3,(H,24,26). The van der Waals surface area contributed by atoms with E-state index >= 15 is 0 Å². The number of amides is 2. The second-order valence-electron chi connectivity index (χ2n) is 7.00. The van der Waals surface area contributed by atoms with E-state index in [-0.39, 0.29) is 18.4 Å². The SMILES string of the molecule is COc1ccc(Cl)cc1NC(=O)CN(C)C(=O)C1(c2ccc(Cl)cc2)CCC1. The predicted molar refractivity (Wildman–Crippen MR) is 111 cm³/mol. The van der Waals surface area contributed by atoms with E-state index in [9.17, 15) is 9.59 Å². The maximum absolute atomic E-state index is 13.2. The zero-order valence-electron chi connectivity index (χ0n) is 15.8. The maximum atomic E-state index is 13.2. The zero-order valence-corrected chi connectivity index (χ0v) is 17.3. The van der Waals surface area contributed by atoms with Crippen LogP contribution in [0.25, 0.3) is 0 Å². The van der Waals surface area contributed by atoms with Gasteiger partial charge < -0.3 is 15.0 Å². The molecule has 7 heteroatoms. The molecule has 0 radical (unpaired) electrons. The molecule has 0 spiro atoms.